The average molecular weight is 246 g/mol. The predicted octanol–water partition coefficient (Wildman–Crippen LogP) is 3.34. The van der Waals surface area contributed by atoms with E-state index in [1.54, 1.807) is 0 Å². The number of nitrogens with zero attached hydrogens (tertiary/aromatic N) is 1. The van der Waals surface area contributed by atoms with Crippen LogP contribution < -0.4 is 10.6 Å². The van der Waals surface area contributed by atoms with Crippen LogP contribution in [0.4, 0.5) is 5.69 Å². The first-order valence-electron chi connectivity index (χ1n) is 7.15. The molecule has 100 valence electrons. The van der Waals surface area contributed by atoms with Gasteiger partial charge in [-0.3, -0.25) is 0 Å². The van der Waals surface area contributed by atoms with Crippen LogP contribution in [0.5, 0.6) is 0 Å². The molecular weight excluding hydrogens is 220 g/mol. The fraction of sp³-hybridized carbons (Fsp3) is 0.625. The Morgan fingerprint density at radius 3 is 2.72 bits per heavy atom. The summed E-state index contributed by atoms with van der Waals surface area (Å²) < 4.78 is 0. The molecule has 2 heteroatoms. The fourth-order valence-corrected chi connectivity index (χ4v) is 3.50. The van der Waals surface area contributed by atoms with Crippen molar-refractivity contribution in [2.75, 3.05) is 18.0 Å². The largest absolute Gasteiger partial charge is 0.365 e. The van der Waals surface area contributed by atoms with Crippen molar-refractivity contribution in [3.8, 4) is 0 Å². The lowest BCUT2D eigenvalue weighted by Gasteiger charge is -2.42. The smallest absolute Gasteiger partial charge is 0.0526 e. The molecule has 0 aromatic heterocycles. The molecule has 0 amide bonds. The molecule has 2 nitrogen and oxygen atoms in total. The summed E-state index contributed by atoms with van der Waals surface area (Å²) >= 11 is 0. The van der Waals surface area contributed by atoms with E-state index in [1.807, 2.05) is 0 Å². The molecule has 0 radical (unpaired) electrons. The van der Waals surface area contributed by atoms with E-state index in [1.165, 1.54) is 30.5 Å². The molecule has 0 heterocycles. The molecule has 1 aromatic rings. The highest BCUT2D eigenvalue weighted by molar-refractivity contribution is 5.51. The Bertz CT molecular complexity index is 402. The zero-order valence-electron chi connectivity index (χ0n) is 11.9. The van der Waals surface area contributed by atoms with Crippen molar-refractivity contribution in [2.24, 2.45) is 11.7 Å². The average Bonchev–Trinajstić information content (AvgIpc) is 2.73. The Kier molecular flexibility index (Phi) is 3.96. The lowest BCUT2D eigenvalue weighted by molar-refractivity contribution is 0.395. The van der Waals surface area contributed by atoms with Crippen LogP contribution in [-0.2, 0) is 0 Å². The monoisotopic (exact) mass is 246 g/mol. The summed E-state index contributed by atoms with van der Waals surface area (Å²) in [7, 11) is 0. The molecule has 1 saturated carbocycles. The zero-order valence-corrected chi connectivity index (χ0v) is 11.9. The Balaban J connectivity index is 2.32. The van der Waals surface area contributed by atoms with Crippen molar-refractivity contribution < 1.29 is 0 Å². The number of rotatable bonds is 4. The summed E-state index contributed by atoms with van der Waals surface area (Å²) in [4.78, 5) is 2.53. The van der Waals surface area contributed by atoms with Gasteiger partial charge in [-0.1, -0.05) is 19.1 Å². The highest BCUT2D eigenvalue weighted by Gasteiger charge is 2.40. The molecule has 2 unspecified atom stereocenters. The molecular formula is C16H26N2. The number of benzene rings is 1. The first-order chi connectivity index (χ1) is 8.61. The van der Waals surface area contributed by atoms with Gasteiger partial charge in [-0.15, -0.1) is 0 Å². The van der Waals surface area contributed by atoms with Crippen molar-refractivity contribution in [2.45, 2.75) is 45.6 Å². The van der Waals surface area contributed by atoms with E-state index in [9.17, 15) is 0 Å². The van der Waals surface area contributed by atoms with Gasteiger partial charge in [0, 0.05) is 18.8 Å². The van der Waals surface area contributed by atoms with E-state index in [4.69, 9.17) is 5.73 Å². The van der Waals surface area contributed by atoms with Crippen LogP contribution in [0, 0.1) is 12.8 Å². The maximum Gasteiger partial charge on any atom is 0.0526 e. The number of nitrogens with two attached hydrogens (primary N) is 1. The van der Waals surface area contributed by atoms with Gasteiger partial charge < -0.3 is 10.6 Å². The summed E-state index contributed by atoms with van der Waals surface area (Å²) in [6.45, 7) is 8.54. The second-order valence-corrected chi connectivity index (χ2v) is 5.86. The Morgan fingerprint density at radius 1 is 1.44 bits per heavy atom. The third-order valence-electron chi connectivity index (χ3n) is 4.41. The maximum atomic E-state index is 6.14. The number of hydrogen-bond donors (Lipinski definition) is 1. The normalized spacial score (nSPS) is 27.4. The first kappa shape index (κ1) is 13.4. The Hall–Kier alpha value is -1.02. The van der Waals surface area contributed by atoms with Gasteiger partial charge in [-0.25, -0.2) is 0 Å². The van der Waals surface area contributed by atoms with E-state index < -0.39 is 0 Å². The van der Waals surface area contributed by atoms with Gasteiger partial charge in [0.2, 0.25) is 0 Å². The maximum absolute atomic E-state index is 6.14. The summed E-state index contributed by atoms with van der Waals surface area (Å²) in [5, 5.41) is 0. The molecule has 1 fully saturated rings. The molecule has 0 saturated heterocycles. The van der Waals surface area contributed by atoms with Crippen LogP contribution in [0.2, 0.25) is 0 Å². The quantitative estimate of drug-likeness (QED) is 0.883. The van der Waals surface area contributed by atoms with E-state index in [2.05, 4.69) is 49.9 Å². The molecule has 0 bridgehead atoms. The third kappa shape index (κ3) is 2.39. The van der Waals surface area contributed by atoms with E-state index in [-0.39, 0.29) is 5.54 Å². The standard InChI is InChI=1S/C16H26N2/c1-4-18(15-7-5-6-13(2)10-15)16(12-17)9-8-14(3)11-16/h5-7,10,14H,4,8-9,11-12,17H2,1-3H3. The molecule has 2 atom stereocenters. The summed E-state index contributed by atoms with van der Waals surface area (Å²) in [5.41, 5.74) is 8.98. The molecule has 1 aromatic carbocycles. The minimum atomic E-state index is 0.183. The lowest BCUT2D eigenvalue weighted by atomic mass is 9.92. The molecule has 2 N–H and O–H groups in total. The summed E-state index contributed by atoms with van der Waals surface area (Å²) in [6.07, 6.45) is 3.76. The van der Waals surface area contributed by atoms with Crippen molar-refractivity contribution >= 4 is 5.69 Å². The molecule has 1 aliphatic rings. The SMILES string of the molecule is CCN(c1cccc(C)c1)C1(CN)CCC(C)C1. The minimum Gasteiger partial charge on any atom is -0.365 e. The molecule has 0 aliphatic heterocycles. The van der Waals surface area contributed by atoms with Gasteiger partial charge in [-0.05, 0) is 56.7 Å². The highest BCUT2D eigenvalue weighted by atomic mass is 15.2. The first-order valence-corrected chi connectivity index (χ1v) is 7.15. The van der Waals surface area contributed by atoms with Crippen LogP contribution in [0.3, 0.4) is 0 Å². The lowest BCUT2D eigenvalue weighted by Crippen LogP contribution is -2.52. The van der Waals surface area contributed by atoms with Crippen molar-refractivity contribution in [1.82, 2.24) is 0 Å². The van der Waals surface area contributed by atoms with Crippen LogP contribution in [0.1, 0.15) is 38.7 Å². The van der Waals surface area contributed by atoms with Gasteiger partial charge in [-0.2, -0.15) is 0 Å². The number of hydrogen-bond acceptors (Lipinski definition) is 2. The van der Waals surface area contributed by atoms with Crippen molar-refractivity contribution in [3.63, 3.8) is 0 Å². The molecule has 1 aliphatic carbocycles. The van der Waals surface area contributed by atoms with E-state index in [0.29, 0.717) is 0 Å². The van der Waals surface area contributed by atoms with Gasteiger partial charge in [0.1, 0.15) is 0 Å². The van der Waals surface area contributed by atoms with E-state index >= 15 is 0 Å². The summed E-state index contributed by atoms with van der Waals surface area (Å²) in [5.74, 6) is 0.799. The Labute approximate surface area is 111 Å². The van der Waals surface area contributed by atoms with Crippen molar-refractivity contribution in [3.05, 3.63) is 29.8 Å². The highest BCUT2D eigenvalue weighted by Crippen LogP contribution is 2.40. The second kappa shape index (κ2) is 5.31. The third-order valence-corrected chi connectivity index (χ3v) is 4.41. The molecule has 2 rings (SSSR count). The number of likely N-dealkylation sites (N-methyl/N-ethyl adjacent to an activating group) is 1. The van der Waals surface area contributed by atoms with Gasteiger partial charge >= 0.3 is 0 Å². The van der Waals surface area contributed by atoms with Crippen LogP contribution >= 0.6 is 0 Å². The zero-order chi connectivity index (χ0) is 13.2. The number of anilines is 1. The predicted molar refractivity (Wildman–Crippen MR) is 79.0 cm³/mol. The van der Waals surface area contributed by atoms with Gasteiger partial charge in [0.15, 0.2) is 0 Å². The van der Waals surface area contributed by atoms with Gasteiger partial charge in [0.25, 0.3) is 0 Å². The summed E-state index contributed by atoms with van der Waals surface area (Å²) in [6, 6.07) is 8.81. The fourth-order valence-electron chi connectivity index (χ4n) is 3.50. The Morgan fingerprint density at radius 2 is 2.22 bits per heavy atom. The molecule has 18 heavy (non-hydrogen) atoms. The second-order valence-electron chi connectivity index (χ2n) is 5.86. The van der Waals surface area contributed by atoms with Crippen LogP contribution in [0.15, 0.2) is 24.3 Å². The molecule has 0 spiro atoms. The number of aryl methyl sites for hydroxylation is 1. The van der Waals surface area contributed by atoms with Gasteiger partial charge in [0.05, 0.1) is 5.54 Å². The minimum absolute atomic E-state index is 0.183. The van der Waals surface area contributed by atoms with Crippen LogP contribution in [0.25, 0.3) is 0 Å². The topological polar surface area (TPSA) is 29.3 Å². The van der Waals surface area contributed by atoms with E-state index in [0.717, 1.165) is 19.0 Å². The van der Waals surface area contributed by atoms with Crippen molar-refractivity contribution in [1.29, 1.82) is 0 Å². The van der Waals surface area contributed by atoms with Crippen LogP contribution in [-0.4, -0.2) is 18.6 Å².